The molecular formula is C13H16BrNO2. The zero-order valence-electron chi connectivity index (χ0n) is 9.86. The Morgan fingerprint density at radius 1 is 1.59 bits per heavy atom. The van der Waals surface area contributed by atoms with Gasteiger partial charge in [-0.1, -0.05) is 0 Å². The lowest BCUT2D eigenvalue weighted by molar-refractivity contribution is 0.112. The molecule has 0 aliphatic carbocycles. The van der Waals surface area contributed by atoms with Crippen LogP contribution in [0.2, 0.25) is 0 Å². The molecule has 17 heavy (non-hydrogen) atoms. The molecule has 1 aromatic carbocycles. The van der Waals surface area contributed by atoms with Gasteiger partial charge in [0, 0.05) is 30.2 Å². The minimum Gasteiger partial charge on any atom is -0.376 e. The van der Waals surface area contributed by atoms with Crippen LogP contribution in [0.25, 0.3) is 0 Å². The molecular weight excluding hydrogens is 282 g/mol. The summed E-state index contributed by atoms with van der Waals surface area (Å²) < 4.78 is 6.56. The van der Waals surface area contributed by atoms with Crippen molar-refractivity contribution in [3.05, 3.63) is 28.2 Å². The van der Waals surface area contributed by atoms with E-state index in [4.69, 9.17) is 4.74 Å². The van der Waals surface area contributed by atoms with Gasteiger partial charge < -0.3 is 9.64 Å². The van der Waals surface area contributed by atoms with Gasteiger partial charge in [-0.15, -0.1) is 0 Å². The second-order valence-electron chi connectivity index (χ2n) is 4.34. The fraction of sp³-hybridized carbons (Fsp3) is 0.462. The van der Waals surface area contributed by atoms with Crippen LogP contribution < -0.4 is 4.90 Å². The third kappa shape index (κ3) is 3.07. The van der Waals surface area contributed by atoms with Crippen LogP contribution in [0.3, 0.4) is 0 Å². The minimum atomic E-state index is 0.331. The number of aldehydes is 1. The van der Waals surface area contributed by atoms with E-state index < -0.39 is 0 Å². The Kier molecular flexibility index (Phi) is 4.18. The Morgan fingerprint density at radius 2 is 2.41 bits per heavy atom. The highest BCUT2D eigenvalue weighted by molar-refractivity contribution is 9.10. The number of halogens is 1. The van der Waals surface area contributed by atoms with Gasteiger partial charge in [-0.05, 0) is 47.0 Å². The SMILES string of the molecule is CN(CC1CCCO1)c1ccc(C=O)cc1Br. The molecule has 0 aromatic heterocycles. The molecule has 1 aliphatic rings. The number of likely N-dealkylation sites (N-methyl/N-ethyl adjacent to an activating group) is 1. The number of anilines is 1. The Hall–Kier alpha value is -0.870. The van der Waals surface area contributed by atoms with E-state index in [1.165, 1.54) is 0 Å². The highest BCUT2D eigenvalue weighted by Gasteiger charge is 2.18. The maximum Gasteiger partial charge on any atom is 0.150 e. The smallest absolute Gasteiger partial charge is 0.150 e. The van der Waals surface area contributed by atoms with Crippen LogP contribution in [0.5, 0.6) is 0 Å². The molecule has 0 radical (unpaired) electrons. The zero-order valence-corrected chi connectivity index (χ0v) is 11.4. The largest absolute Gasteiger partial charge is 0.376 e. The van der Waals surface area contributed by atoms with E-state index in [2.05, 4.69) is 20.8 Å². The van der Waals surface area contributed by atoms with Gasteiger partial charge in [0.1, 0.15) is 6.29 Å². The second-order valence-corrected chi connectivity index (χ2v) is 5.20. The van der Waals surface area contributed by atoms with E-state index in [9.17, 15) is 4.79 Å². The van der Waals surface area contributed by atoms with Crippen LogP contribution in [0.4, 0.5) is 5.69 Å². The number of hydrogen-bond donors (Lipinski definition) is 0. The summed E-state index contributed by atoms with van der Waals surface area (Å²) in [5.74, 6) is 0. The number of nitrogens with zero attached hydrogens (tertiary/aromatic N) is 1. The third-order valence-corrected chi connectivity index (χ3v) is 3.66. The predicted octanol–water partition coefficient (Wildman–Crippen LogP) is 2.88. The van der Waals surface area contributed by atoms with Crippen molar-refractivity contribution in [1.82, 2.24) is 0 Å². The standard InChI is InChI=1S/C13H16BrNO2/c1-15(8-11-3-2-6-17-11)13-5-4-10(9-16)7-12(13)14/h4-5,7,9,11H,2-3,6,8H2,1H3. The average molecular weight is 298 g/mol. The summed E-state index contributed by atoms with van der Waals surface area (Å²) in [6.07, 6.45) is 3.48. The fourth-order valence-electron chi connectivity index (χ4n) is 2.10. The second kappa shape index (κ2) is 5.65. The summed E-state index contributed by atoms with van der Waals surface area (Å²) in [5.41, 5.74) is 1.78. The molecule has 1 aliphatic heterocycles. The van der Waals surface area contributed by atoms with Gasteiger partial charge in [-0.25, -0.2) is 0 Å². The Bertz CT molecular complexity index is 402. The molecule has 3 nitrogen and oxygen atoms in total. The molecule has 92 valence electrons. The summed E-state index contributed by atoms with van der Waals surface area (Å²) in [6, 6.07) is 5.64. The Labute approximate surface area is 110 Å². The van der Waals surface area contributed by atoms with E-state index in [1.54, 1.807) is 0 Å². The highest BCUT2D eigenvalue weighted by Crippen LogP contribution is 2.27. The first-order valence-corrected chi connectivity index (χ1v) is 6.57. The molecule has 0 N–H and O–H groups in total. The number of benzene rings is 1. The van der Waals surface area contributed by atoms with Gasteiger partial charge in [-0.2, -0.15) is 0 Å². The van der Waals surface area contributed by atoms with E-state index in [0.29, 0.717) is 11.7 Å². The molecule has 0 bridgehead atoms. The van der Waals surface area contributed by atoms with E-state index in [-0.39, 0.29) is 0 Å². The molecule has 1 fully saturated rings. The van der Waals surface area contributed by atoms with Crippen LogP contribution in [0, 0.1) is 0 Å². The average Bonchev–Trinajstić information content (AvgIpc) is 2.81. The monoisotopic (exact) mass is 297 g/mol. The quantitative estimate of drug-likeness (QED) is 0.801. The van der Waals surface area contributed by atoms with Crippen molar-refractivity contribution in [2.75, 3.05) is 25.1 Å². The van der Waals surface area contributed by atoms with E-state index >= 15 is 0 Å². The van der Waals surface area contributed by atoms with Crippen molar-refractivity contribution in [2.24, 2.45) is 0 Å². The van der Waals surface area contributed by atoms with Crippen LogP contribution in [-0.4, -0.2) is 32.6 Å². The molecule has 1 unspecified atom stereocenters. The van der Waals surface area contributed by atoms with Gasteiger partial charge in [0.2, 0.25) is 0 Å². The first kappa shape index (κ1) is 12.6. The van der Waals surface area contributed by atoms with Crippen molar-refractivity contribution < 1.29 is 9.53 Å². The third-order valence-electron chi connectivity index (χ3n) is 3.02. The normalized spacial score (nSPS) is 19.3. The maximum atomic E-state index is 10.7. The summed E-state index contributed by atoms with van der Waals surface area (Å²) in [5, 5.41) is 0. The van der Waals surface area contributed by atoms with E-state index in [0.717, 1.165) is 42.4 Å². The number of hydrogen-bond acceptors (Lipinski definition) is 3. The van der Waals surface area contributed by atoms with Crippen molar-refractivity contribution in [3.8, 4) is 0 Å². The lowest BCUT2D eigenvalue weighted by atomic mass is 10.2. The number of rotatable bonds is 4. The van der Waals surface area contributed by atoms with Crippen molar-refractivity contribution in [1.29, 1.82) is 0 Å². The van der Waals surface area contributed by atoms with Crippen LogP contribution in [-0.2, 0) is 4.74 Å². The van der Waals surface area contributed by atoms with Gasteiger partial charge in [-0.3, -0.25) is 4.79 Å². The zero-order chi connectivity index (χ0) is 12.3. The summed E-state index contributed by atoms with van der Waals surface area (Å²) in [6.45, 7) is 1.77. The van der Waals surface area contributed by atoms with Crippen LogP contribution in [0.1, 0.15) is 23.2 Å². The number of carbonyl (C=O) groups excluding carboxylic acids is 1. The van der Waals surface area contributed by atoms with Gasteiger partial charge in [0.15, 0.2) is 0 Å². The molecule has 1 saturated heterocycles. The Balaban J connectivity index is 2.07. The Morgan fingerprint density at radius 3 is 3.00 bits per heavy atom. The van der Waals surface area contributed by atoms with Crippen LogP contribution >= 0.6 is 15.9 Å². The van der Waals surface area contributed by atoms with Gasteiger partial charge >= 0.3 is 0 Å². The minimum absolute atomic E-state index is 0.331. The van der Waals surface area contributed by atoms with E-state index in [1.807, 2.05) is 25.2 Å². The molecule has 1 aromatic rings. The molecule has 1 heterocycles. The summed E-state index contributed by atoms with van der Waals surface area (Å²) in [4.78, 5) is 12.8. The van der Waals surface area contributed by atoms with Gasteiger partial charge in [0.25, 0.3) is 0 Å². The maximum absolute atomic E-state index is 10.7. The molecule has 2 rings (SSSR count). The summed E-state index contributed by atoms with van der Waals surface area (Å²) in [7, 11) is 2.04. The van der Waals surface area contributed by atoms with Gasteiger partial charge in [0.05, 0.1) is 11.8 Å². The highest BCUT2D eigenvalue weighted by atomic mass is 79.9. The lowest BCUT2D eigenvalue weighted by Crippen LogP contribution is -2.28. The summed E-state index contributed by atoms with van der Waals surface area (Å²) >= 11 is 3.50. The molecule has 4 heteroatoms. The van der Waals surface area contributed by atoms with Crippen LogP contribution in [0.15, 0.2) is 22.7 Å². The number of ether oxygens (including phenoxy) is 1. The predicted molar refractivity (Wildman–Crippen MR) is 71.8 cm³/mol. The fourth-order valence-corrected chi connectivity index (χ4v) is 2.80. The molecule has 0 amide bonds. The first-order chi connectivity index (χ1) is 8.20. The van der Waals surface area contributed by atoms with Crippen molar-refractivity contribution >= 4 is 27.9 Å². The molecule has 0 spiro atoms. The molecule has 1 atom stereocenters. The van der Waals surface area contributed by atoms with Crippen molar-refractivity contribution in [2.45, 2.75) is 18.9 Å². The topological polar surface area (TPSA) is 29.5 Å². The number of carbonyl (C=O) groups is 1. The molecule has 0 saturated carbocycles. The lowest BCUT2D eigenvalue weighted by Gasteiger charge is -2.24. The first-order valence-electron chi connectivity index (χ1n) is 5.78. The van der Waals surface area contributed by atoms with Crippen molar-refractivity contribution in [3.63, 3.8) is 0 Å².